The van der Waals surface area contributed by atoms with Crippen molar-refractivity contribution in [2.75, 3.05) is 0 Å². The molecule has 0 saturated carbocycles. The maximum atomic E-state index is 12.5. The highest BCUT2D eigenvalue weighted by molar-refractivity contribution is 5.70. The number of rotatable bonds is 1. The SMILES string of the molecule is Cc1noc(C)c1C1(O)CC2CCC(C1)N2C(=O)OC(C)(C)C. The fourth-order valence-electron chi connectivity index (χ4n) is 4.19. The molecule has 2 unspecified atom stereocenters. The van der Waals surface area contributed by atoms with Gasteiger partial charge in [0.1, 0.15) is 11.4 Å². The predicted molar refractivity (Wildman–Crippen MR) is 84.0 cm³/mol. The molecule has 1 N–H and O–H groups in total. The van der Waals surface area contributed by atoms with Crippen molar-refractivity contribution in [3.05, 3.63) is 17.0 Å². The molecule has 1 aromatic rings. The molecule has 1 aromatic heterocycles. The second kappa shape index (κ2) is 5.23. The molecule has 6 heteroatoms. The molecule has 6 nitrogen and oxygen atoms in total. The fourth-order valence-corrected chi connectivity index (χ4v) is 4.19. The van der Waals surface area contributed by atoms with E-state index in [-0.39, 0.29) is 18.2 Å². The van der Waals surface area contributed by atoms with Crippen LogP contribution in [0.25, 0.3) is 0 Å². The van der Waals surface area contributed by atoms with Crippen molar-refractivity contribution >= 4 is 6.09 Å². The van der Waals surface area contributed by atoms with Crippen LogP contribution in [0.15, 0.2) is 4.52 Å². The van der Waals surface area contributed by atoms with Crippen molar-refractivity contribution in [2.24, 2.45) is 0 Å². The molecule has 2 saturated heterocycles. The van der Waals surface area contributed by atoms with E-state index in [1.165, 1.54) is 0 Å². The van der Waals surface area contributed by atoms with E-state index in [0.717, 1.165) is 24.1 Å². The summed E-state index contributed by atoms with van der Waals surface area (Å²) in [6, 6.07) is 0.00426. The third-order valence-corrected chi connectivity index (χ3v) is 4.87. The van der Waals surface area contributed by atoms with E-state index in [2.05, 4.69) is 5.16 Å². The Balaban J connectivity index is 1.83. The fraction of sp³-hybridized carbons (Fsp3) is 0.765. The summed E-state index contributed by atoms with van der Waals surface area (Å²) >= 11 is 0. The first-order valence-electron chi connectivity index (χ1n) is 8.28. The highest BCUT2D eigenvalue weighted by Gasteiger charge is 2.52. The van der Waals surface area contributed by atoms with Crippen molar-refractivity contribution in [1.82, 2.24) is 10.1 Å². The van der Waals surface area contributed by atoms with Crippen LogP contribution in [-0.4, -0.2) is 38.9 Å². The molecular formula is C17H26N2O4. The molecule has 128 valence electrons. The van der Waals surface area contributed by atoms with Gasteiger partial charge in [-0.1, -0.05) is 5.16 Å². The molecule has 3 rings (SSSR count). The summed E-state index contributed by atoms with van der Waals surface area (Å²) in [4.78, 5) is 14.3. The van der Waals surface area contributed by atoms with E-state index in [4.69, 9.17) is 9.26 Å². The van der Waals surface area contributed by atoms with Gasteiger partial charge in [0.15, 0.2) is 0 Å². The molecule has 2 bridgehead atoms. The summed E-state index contributed by atoms with van der Waals surface area (Å²) in [6.07, 6.45) is 2.54. The number of hydrogen-bond acceptors (Lipinski definition) is 5. The number of carbonyl (C=O) groups excluding carboxylic acids is 1. The lowest BCUT2D eigenvalue weighted by Crippen LogP contribution is -2.53. The van der Waals surface area contributed by atoms with Crippen LogP contribution in [0.5, 0.6) is 0 Å². The Morgan fingerprint density at radius 3 is 2.30 bits per heavy atom. The maximum absolute atomic E-state index is 12.5. The Morgan fingerprint density at radius 2 is 1.87 bits per heavy atom. The zero-order valence-corrected chi connectivity index (χ0v) is 14.5. The van der Waals surface area contributed by atoms with Crippen molar-refractivity contribution in [1.29, 1.82) is 0 Å². The zero-order valence-electron chi connectivity index (χ0n) is 14.5. The second-order valence-electron chi connectivity index (χ2n) is 7.91. The van der Waals surface area contributed by atoms with Gasteiger partial charge in [0.05, 0.1) is 11.3 Å². The van der Waals surface area contributed by atoms with Gasteiger partial charge in [-0.3, -0.25) is 0 Å². The van der Waals surface area contributed by atoms with E-state index in [0.29, 0.717) is 18.6 Å². The molecular weight excluding hydrogens is 296 g/mol. The monoisotopic (exact) mass is 322 g/mol. The Labute approximate surface area is 136 Å². The Kier molecular flexibility index (Phi) is 3.71. The third-order valence-electron chi connectivity index (χ3n) is 4.87. The van der Waals surface area contributed by atoms with Crippen LogP contribution in [0.1, 0.15) is 63.5 Å². The molecule has 0 spiro atoms. The van der Waals surface area contributed by atoms with Gasteiger partial charge < -0.3 is 19.3 Å². The third kappa shape index (κ3) is 2.84. The largest absolute Gasteiger partial charge is 0.444 e. The van der Waals surface area contributed by atoms with Gasteiger partial charge in [-0.15, -0.1) is 0 Å². The van der Waals surface area contributed by atoms with Gasteiger partial charge >= 0.3 is 6.09 Å². The minimum Gasteiger partial charge on any atom is -0.444 e. The summed E-state index contributed by atoms with van der Waals surface area (Å²) in [5.74, 6) is 0.662. The molecule has 23 heavy (non-hydrogen) atoms. The minimum absolute atomic E-state index is 0.00213. The van der Waals surface area contributed by atoms with Crippen molar-refractivity contribution in [3.63, 3.8) is 0 Å². The number of amides is 1. The summed E-state index contributed by atoms with van der Waals surface area (Å²) in [5, 5.41) is 15.2. The highest BCUT2D eigenvalue weighted by Crippen LogP contribution is 2.47. The van der Waals surface area contributed by atoms with Crippen LogP contribution in [0.3, 0.4) is 0 Å². The predicted octanol–water partition coefficient (Wildman–Crippen LogP) is 3.04. The van der Waals surface area contributed by atoms with E-state index >= 15 is 0 Å². The van der Waals surface area contributed by atoms with Gasteiger partial charge in [-0.05, 0) is 47.5 Å². The molecule has 2 atom stereocenters. The molecule has 0 radical (unpaired) electrons. The Hall–Kier alpha value is -1.56. The van der Waals surface area contributed by atoms with Crippen molar-refractivity contribution in [3.8, 4) is 0 Å². The summed E-state index contributed by atoms with van der Waals surface area (Å²) in [7, 11) is 0. The number of carbonyl (C=O) groups is 1. The summed E-state index contributed by atoms with van der Waals surface area (Å²) in [6.45, 7) is 9.30. The summed E-state index contributed by atoms with van der Waals surface area (Å²) < 4.78 is 10.8. The van der Waals surface area contributed by atoms with Gasteiger partial charge in [0.2, 0.25) is 0 Å². The number of aryl methyl sites for hydroxylation is 2. The molecule has 0 aliphatic carbocycles. The first kappa shape index (κ1) is 16.3. The number of aliphatic hydroxyl groups is 1. The maximum Gasteiger partial charge on any atom is 0.410 e. The molecule has 2 aliphatic heterocycles. The average molecular weight is 322 g/mol. The normalized spacial score (nSPS) is 30.6. The quantitative estimate of drug-likeness (QED) is 0.860. The number of ether oxygens (including phenoxy) is 1. The first-order valence-corrected chi connectivity index (χ1v) is 8.28. The van der Waals surface area contributed by atoms with Crippen LogP contribution in [0.2, 0.25) is 0 Å². The molecule has 2 aliphatic rings. The van der Waals surface area contributed by atoms with Crippen LogP contribution in [0, 0.1) is 13.8 Å². The number of piperidine rings is 1. The number of aromatic nitrogens is 1. The van der Waals surface area contributed by atoms with Gasteiger partial charge in [0.25, 0.3) is 0 Å². The minimum atomic E-state index is -0.974. The summed E-state index contributed by atoms with van der Waals surface area (Å²) in [5.41, 5.74) is 0.0399. The molecule has 2 fully saturated rings. The van der Waals surface area contributed by atoms with Gasteiger partial charge in [0, 0.05) is 30.5 Å². The molecule has 1 amide bonds. The lowest BCUT2D eigenvalue weighted by molar-refractivity contribution is -0.0632. The molecule has 3 heterocycles. The average Bonchev–Trinajstić information content (AvgIpc) is 2.87. The second-order valence-corrected chi connectivity index (χ2v) is 7.91. The van der Waals surface area contributed by atoms with E-state index in [1.54, 1.807) is 0 Å². The standard InChI is InChI=1S/C17H26N2O4/c1-10-14(11(2)23-18-10)17(21)8-12-6-7-13(9-17)19(12)15(20)22-16(3,4)5/h12-13,21H,6-9H2,1-5H3. The van der Waals surface area contributed by atoms with E-state index < -0.39 is 11.2 Å². The lowest BCUT2D eigenvalue weighted by atomic mass is 9.80. The topological polar surface area (TPSA) is 75.8 Å². The zero-order chi connectivity index (χ0) is 17.0. The lowest BCUT2D eigenvalue weighted by Gasteiger charge is -2.43. The Bertz CT molecular complexity index is 583. The molecule has 0 aromatic carbocycles. The van der Waals surface area contributed by atoms with Gasteiger partial charge in [-0.25, -0.2) is 4.79 Å². The highest BCUT2D eigenvalue weighted by atomic mass is 16.6. The van der Waals surface area contributed by atoms with E-state index in [1.807, 2.05) is 39.5 Å². The van der Waals surface area contributed by atoms with Crippen LogP contribution >= 0.6 is 0 Å². The van der Waals surface area contributed by atoms with Crippen LogP contribution in [0.4, 0.5) is 4.79 Å². The number of nitrogens with zero attached hydrogens (tertiary/aromatic N) is 2. The number of fused-ring (bicyclic) bond motifs is 2. The smallest absolute Gasteiger partial charge is 0.410 e. The number of hydrogen-bond donors (Lipinski definition) is 1. The van der Waals surface area contributed by atoms with Crippen molar-refractivity contribution in [2.45, 2.75) is 83.6 Å². The van der Waals surface area contributed by atoms with Crippen LogP contribution in [-0.2, 0) is 10.3 Å². The van der Waals surface area contributed by atoms with E-state index in [9.17, 15) is 9.90 Å². The van der Waals surface area contributed by atoms with Crippen LogP contribution < -0.4 is 0 Å². The van der Waals surface area contributed by atoms with Crippen molar-refractivity contribution < 1.29 is 19.2 Å². The Morgan fingerprint density at radius 1 is 1.30 bits per heavy atom. The van der Waals surface area contributed by atoms with Gasteiger partial charge in [-0.2, -0.15) is 0 Å². The first-order chi connectivity index (χ1) is 10.6.